The van der Waals surface area contributed by atoms with E-state index < -0.39 is 17.8 Å². The number of aliphatic hydroxyl groups excluding tert-OH is 1. The van der Waals surface area contributed by atoms with Gasteiger partial charge in [0.05, 0.1) is 11.7 Å². The lowest BCUT2D eigenvalue weighted by molar-refractivity contribution is -0.137. The van der Waals surface area contributed by atoms with Crippen molar-refractivity contribution < 1.29 is 18.3 Å². The van der Waals surface area contributed by atoms with Crippen LogP contribution < -0.4 is 5.32 Å². The van der Waals surface area contributed by atoms with Gasteiger partial charge in [-0.2, -0.15) is 13.2 Å². The number of rotatable bonds is 2. The van der Waals surface area contributed by atoms with Crippen molar-refractivity contribution in [3.05, 3.63) is 28.2 Å². The third-order valence-corrected chi connectivity index (χ3v) is 3.25. The molecule has 1 aromatic carbocycles. The maximum absolute atomic E-state index is 12.8. The largest absolute Gasteiger partial charge is 0.418 e. The van der Waals surface area contributed by atoms with Crippen molar-refractivity contribution >= 4 is 21.6 Å². The number of aliphatic hydroxyl groups is 1. The van der Waals surface area contributed by atoms with Gasteiger partial charge in [-0.1, -0.05) is 15.9 Å². The Morgan fingerprint density at radius 1 is 1.29 bits per heavy atom. The smallest absolute Gasteiger partial charge is 0.393 e. The molecule has 1 aliphatic rings. The van der Waals surface area contributed by atoms with Crippen molar-refractivity contribution in [2.45, 2.75) is 31.2 Å². The molecule has 2 N–H and O–H groups in total. The molecule has 0 spiro atoms. The van der Waals surface area contributed by atoms with Crippen LogP contribution in [0.5, 0.6) is 0 Å². The number of nitrogens with one attached hydrogen (secondary N) is 1. The second kappa shape index (κ2) is 4.49. The van der Waals surface area contributed by atoms with E-state index in [1.807, 2.05) is 0 Å². The average Bonchev–Trinajstić information content (AvgIpc) is 2.16. The molecular formula is C11H11BrF3NO. The van der Waals surface area contributed by atoms with E-state index in [0.717, 1.165) is 6.07 Å². The fourth-order valence-corrected chi connectivity index (χ4v) is 2.16. The molecule has 0 heterocycles. The first-order valence-corrected chi connectivity index (χ1v) is 5.97. The lowest BCUT2D eigenvalue weighted by Crippen LogP contribution is -2.39. The van der Waals surface area contributed by atoms with Gasteiger partial charge in [0.25, 0.3) is 0 Å². The predicted octanol–water partition coefficient (Wildman–Crippen LogP) is 3.40. The molecule has 2 nitrogen and oxygen atoms in total. The highest BCUT2D eigenvalue weighted by molar-refractivity contribution is 9.10. The lowest BCUT2D eigenvalue weighted by atomic mass is 9.89. The Hall–Kier alpha value is -0.750. The summed E-state index contributed by atoms with van der Waals surface area (Å²) < 4.78 is 38.7. The molecule has 6 heteroatoms. The van der Waals surface area contributed by atoms with Crippen molar-refractivity contribution in [2.75, 3.05) is 5.32 Å². The van der Waals surface area contributed by atoms with Crippen LogP contribution in [0.25, 0.3) is 0 Å². The van der Waals surface area contributed by atoms with Crippen LogP contribution in [0.2, 0.25) is 0 Å². The molecule has 0 bridgehead atoms. The van der Waals surface area contributed by atoms with Gasteiger partial charge in [-0.05, 0) is 31.0 Å². The fourth-order valence-electron chi connectivity index (χ4n) is 1.80. The van der Waals surface area contributed by atoms with E-state index >= 15 is 0 Å². The van der Waals surface area contributed by atoms with Gasteiger partial charge in [0.1, 0.15) is 0 Å². The van der Waals surface area contributed by atoms with E-state index in [1.165, 1.54) is 6.07 Å². The van der Waals surface area contributed by atoms with Crippen LogP contribution in [-0.2, 0) is 6.18 Å². The molecule has 94 valence electrons. The van der Waals surface area contributed by atoms with Gasteiger partial charge in [0.2, 0.25) is 0 Å². The minimum absolute atomic E-state index is 0.0672. The molecule has 0 aliphatic heterocycles. The molecular weight excluding hydrogens is 299 g/mol. The zero-order valence-electron chi connectivity index (χ0n) is 8.76. The van der Waals surface area contributed by atoms with E-state index in [-0.39, 0.29) is 11.7 Å². The lowest BCUT2D eigenvalue weighted by Gasteiger charge is -2.33. The van der Waals surface area contributed by atoms with Crippen molar-refractivity contribution in [3.63, 3.8) is 0 Å². The predicted molar refractivity (Wildman–Crippen MR) is 61.8 cm³/mol. The normalized spacial score (nSPS) is 24.3. The number of halogens is 4. The zero-order valence-corrected chi connectivity index (χ0v) is 10.3. The topological polar surface area (TPSA) is 32.3 Å². The van der Waals surface area contributed by atoms with Crippen LogP contribution in [0.1, 0.15) is 18.4 Å². The monoisotopic (exact) mass is 309 g/mol. The summed E-state index contributed by atoms with van der Waals surface area (Å²) in [6.07, 6.45) is -3.79. The van der Waals surface area contributed by atoms with Gasteiger partial charge in [0.15, 0.2) is 0 Å². The Balaban J connectivity index is 2.21. The van der Waals surface area contributed by atoms with Gasteiger partial charge in [-0.15, -0.1) is 0 Å². The molecule has 0 atom stereocenters. The van der Waals surface area contributed by atoms with Crippen molar-refractivity contribution in [1.82, 2.24) is 0 Å². The third kappa shape index (κ3) is 2.93. The summed E-state index contributed by atoms with van der Waals surface area (Å²) >= 11 is 3.03. The standard InChI is InChI=1S/C11H11BrF3NO/c12-6-1-2-10(9(3-6)11(13,14)15)16-7-4-8(17)5-7/h1-3,7-8,16-17H,4-5H2. The maximum atomic E-state index is 12.8. The minimum atomic E-state index is -4.38. The van der Waals surface area contributed by atoms with E-state index in [0.29, 0.717) is 17.3 Å². The number of benzene rings is 1. The van der Waals surface area contributed by atoms with Crippen LogP contribution in [0.15, 0.2) is 22.7 Å². The first kappa shape index (κ1) is 12.7. The van der Waals surface area contributed by atoms with Crippen molar-refractivity contribution in [2.24, 2.45) is 0 Å². The first-order valence-electron chi connectivity index (χ1n) is 5.17. The highest BCUT2D eigenvalue weighted by Crippen LogP contribution is 2.38. The summed E-state index contributed by atoms with van der Waals surface area (Å²) in [5, 5.41) is 11.9. The average molecular weight is 310 g/mol. The summed E-state index contributed by atoms with van der Waals surface area (Å²) in [7, 11) is 0. The van der Waals surface area contributed by atoms with E-state index in [1.54, 1.807) is 6.07 Å². The third-order valence-electron chi connectivity index (χ3n) is 2.76. The summed E-state index contributed by atoms with van der Waals surface area (Å²) in [4.78, 5) is 0. The Morgan fingerprint density at radius 2 is 1.94 bits per heavy atom. The van der Waals surface area contributed by atoms with Crippen LogP contribution >= 0.6 is 15.9 Å². The number of hydrogen-bond acceptors (Lipinski definition) is 2. The molecule has 0 radical (unpaired) electrons. The van der Waals surface area contributed by atoms with Gasteiger partial charge in [-0.25, -0.2) is 0 Å². The molecule has 1 fully saturated rings. The van der Waals surface area contributed by atoms with Gasteiger partial charge in [0, 0.05) is 16.2 Å². The summed E-state index contributed by atoms with van der Waals surface area (Å²) in [6, 6.07) is 3.94. The Kier molecular flexibility index (Phi) is 3.36. The minimum Gasteiger partial charge on any atom is -0.393 e. The molecule has 0 saturated heterocycles. The molecule has 1 saturated carbocycles. The summed E-state index contributed by atoms with van der Waals surface area (Å²) in [5.74, 6) is 0. The molecule has 0 unspecified atom stereocenters. The van der Waals surface area contributed by atoms with Crippen molar-refractivity contribution in [3.8, 4) is 0 Å². The Bertz CT molecular complexity index is 416. The van der Waals surface area contributed by atoms with Crippen LogP contribution in [0.4, 0.5) is 18.9 Å². The Morgan fingerprint density at radius 3 is 2.47 bits per heavy atom. The summed E-state index contributed by atoms with van der Waals surface area (Å²) in [5.41, 5.74) is -0.620. The van der Waals surface area contributed by atoms with E-state index in [9.17, 15) is 13.2 Å². The van der Waals surface area contributed by atoms with Crippen LogP contribution in [0.3, 0.4) is 0 Å². The van der Waals surface area contributed by atoms with Gasteiger partial charge in [-0.3, -0.25) is 0 Å². The number of hydrogen-bond donors (Lipinski definition) is 2. The zero-order chi connectivity index (χ0) is 12.6. The van der Waals surface area contributed by atoms with Crippen molar-refractivity contribution in [1.29, 1.82) is 0 Å². The van der Waals surface area contributed by atoms with E-state index in [4.69, 9.17) is 5.11 Å². The SMILES string of the molecule is OC1CC(Nc2ccc(Br)cc2C(F)(F)F)C1. The van der Waals surface area contributed by atoms with E-state index in [2.05, 4.69) is 21.2 Å². The molecule has 1 aliphatic carbocycles. The van der Waals surface area contributed by atoms with Crippen LogP contribution in [-0.4, -0.2) is 17.3 Å². The number of anilines is 1. The second-order valence-corrected chi connectivity index (χ2v) is 5.07. The quantitative estimate of drug-likeness (QED) is 0.877. The Labute approximate surface area is 105 Å². The van der Waals surface area contributed by atoms with Gasteiger partial charge < -0.3 is 10.4 Å². The highest BCUT2D eigenvalue weighted by Gasteiger charge is 2.35. The first-order chi connectivity index (χ1) is 7.86. The molecule has 0 aromatic heterocycles. The maximum Gasteiger partial charge on any atom is 0.418 e. The number of alkyl halides is 3. The van der Waals surface area contributed by atoms with Gasteiger partial charge >= 0.3 is 6.18 Å². The fraction of sp³-hybridized carbons (Fsp3) is 0.455. The molecule has 1 aromatic rings. The van der Waals surface area contributed by atoms with Crippen LogP contribution in [0, 0.1) is 0 Å². The second-order valence-electron chi connectivity index (χ2n) is 4.15. The summed E-state index contributed by atoms with van der Waals surface area (Å²) in [6.45, 7) is 0. The molecule has 17 heavy (non-hydrogen) atoms. The molecule has 0 amide bonds. The highest BCUT2D eigenvalue weighted by atomic mass is 79.9. The molecule has 2 rings (SSSR count).